The highest BCUT2D eigenvalue weighted by atomic mass is 35.5. The van der Waals surface area contributed by atoms with Crippen LogP contribution in [-0.4, -0.2) is 20.7 Å². The van der Waals surface area contributed by atoms with Gasteiger partial charge in [-0.1, -0.05) is 11.6 Å². The molecule has 0 fully saturated rings. The van der Waals surface area contributed by atoms with E-state index in [9.17, 15) is 4.79 Å². The van der Waals surface area contributed by atoms with Gasteiger partial charge in [-0.25, -0.2) is 0 Å². The third kappa shape index (κ3) is 2.37. The van der Waals surface area contributed by atoms with Crippen molar-refractivity contribution in [2.45, 2.75) is 27.3 Å². The van der Waals surface area contributed by atoms with Crippen LogP contribution in [0.5, 0.6) is 0 Å². The summed E-state index contributed by atoms with van der Waals surface area (Å²) in [5.41, 5.74) is 3.46. The van der Waals surface area contributed by atoms with E-state index in [-0.39, 0.29) is 5.91 Å². The van der Waals surface area contributed by atoms with Gasteiger partial charge in [0.1, 0.15) is 5.69 Å². The van der Waals surface area contributed by atoms with Gasteiger partial charge in [0.25, 0.3) is 5.91 Å². The quantitative estimate of drug-likeness (QED) is 0.769. The minimum Gasteiger partial charge on any atom is -0.337 e. The number of aromatic amines is 1. The van der Waals surface area contributed by atoms with Crippen molar-refractivity contribution < 1.29 is 4.79 Å². The van der Waals surface area contributed by atoms with Gasteiger partial charge in [0.15, 0.2) is 5.82 Å². The van der Waals surface area contributed by atoms with Crippen molar-refractivity contribution in [2.75, 3.05) is 5.32 Å². The standard InChI is InChI=1S/C16H17ClN4O/c1-4-21-13-6-5-11(17)8-12(13)10(3)15(21)16(22)18-14-7-9(2)19-20-14/h5-8H,4H2,1-3H3,(H2,18,19,20,22). The molecule has 0 bridgehead atoms. The smallest absolute Gasteiger partial charge is 0.273 e. The number of carbonyl (C=O) groups excluding carboxylic acids is 1. The van der Waals surface area contributed by atoms with Gasteiger partial charge in [-0.15, -0.1) is 0 Å². The van der Waals surface area contributed by atoms with Crippen molar-refractivity contribution in [3.63, 3.8) is 0 Å². The highest BCUT2D eigenvalue weighted by Gasteiger charge is 2.20. The van der Waals surface area contributed by atoms with Gasteiger partial charge < -0.3 is 9.88 Å². The van der Waals surface area contributed by atoms with E-state index in [0.717, 1.165) is 22.2 Å². The van der Waals surface area contributed by atoms with Gasteiger partial charge in [0.2, 0.25) is 0 Å². The first-order valence-electron chi connectivity index (χ1n) is 7.13. The Morgan fingerprint density at radius 2 is 2.14 bits per heavy atom. The molecule has 5 nitrogen and oxygen atoms in total. The summed E-state index contributed by atoms with van der Waals surface area (Å²) in [6, 6.07) is 7.48. The number of amides is 1. The fourth-order valence-corrected chi connectivity index (χ4v) is 2.95. The van der Waals surface area contributed by atoms with Crippen LogP contribution in [0.25, 0.3) is 10.9 Å². The Bertz CT molecular complexity index is 863. The van der Waals surface area contributed by atoms with Crippen molar-refractivity contribution in [1.82, 2.24) is 14.8 Å². The maximum atomic E-state index is 12.7. The lowest BCUT2D eigenvalue weighted by Crippen LogP contribution is -2.18. The van der Waals surface area contributed by atoms with Crippen molar-refractivity contribution in [1.29, 1.82) is 0 Å². The van der Waals surface area contributed by atoms with Crippen molar-refractivity contribution >= 4 is 34.2 Å². The van der Waals surface area contributed by atoms with E-state index in [2.05, 4.69) is 15.5 Å². The van der Waals surface area contributed by atoms with Crippen LogP contribution < -0.4 is 5.32 Å². The number of hydrogen-bond acceptors (Lipinski definition) is 2. The number of H-pyrrole nitrogens is 1. The van der Waals surface area contributed by atoms with E-state index in [1.807, 2.05) is 43.5 Å². The highest BCUT2D eigenvalue weighted by molar-refractivity contribution is 6.31. The molecule has 0 radical (unpaired) electrons. The second-order valence-electron chi connectivity index (χ2n) is 5.27. The minimum absolute atomic E-state index is 0.168. The van der Waals surface area contributed by atoms with Crippen LogP contribution in [0.1, 0.15) is 28.7 Å². The van der Waals surface area contributed by atoms with Crippen molar-refractivity contribution in [3.8, 4) is 0 Å². The number of nitrogens with one attached hydrogen (secondary N) is 2. The van der Waals surface area contributed by atoms with Crippen LogP contribution in [0.2, 0.25) is 5.02 Å². The molecular weight excluding hydrogens is 300 g/mol. The predicted octanol–water partition coefficient (Wildman–Crippen LogP) is 3.91. The molecule has 0 unspecified atom stereocenters. The van der Waals surface area contributed by atoms with Crippen LogP contribution in [0.15, 0.2) is 24.3 Å². The van der Waals surface area contributed by atoms with E-state index in [0.29, 0.717) is 23.1 Å². The van der Waals surface area contributed by atoms with Gasteiger partial charge in [-0.2, -0.15) is 5.10 Å². The van der Waals surface area contributed by atoms with Crippen LogP contribution in [0.4, 0.5) is 5.82 Å². The summed E-state index contributed by atoms with van der Waals surface area (Å²) in [5, 5.41) is 11.4. The lowest BCUT2D eigenvalue weighted by atomic mass is 10.1. The van der Waals surface area contributed by atoms with E-state index in [4.69, 9.17) is 11.6 Å². The molecule has 0 aliphatic carbocycles. The SMILES string of the molecule is CCn1c(C(=O)Nc2cc(C)[nH]n2)c(C)c2cc(Cl)ccc21. The molecule has 1 amide bonds. The third-order valence-corrected chi connectivity index (χ3v) is 3.99. The number of fused-ring (bicyclic) bond motifs is 1. The molecular formula is C16H17ClN4O. The lowest BCUT2D eigenvalue weighted by Gasteiger charge is -2.08. The first-order valence-corrected chi connectivity index (χ1v) is 7.50. The zero-order valence-corrected chi connectivity index (χ0v) is 13.5. The summed E-state index contributed by atoms with van der Waals surface area (Å²) in [6.07, 6.45) is 0. The fourth-order valence-electron chi connectivity index (χ4n) is 2.77. The maximum absolute atomic E-state index is 12.7. The summed E-state index contributed by atoms with van der Waals surface area (Å²) in [6.45, 7) is 6.55. The zero-order chi connectivity index (χ0) is 15.9. The van der Waals surface area contributed by atoms with E-state index in [1.54, 1.807) is 6.07 Å². The first kappa shape index (κ1) is 14.7. The van der Waals surface area contributed by atoms with Gasteiger partial charge >= 0.3 is 0 Å². The van der Waals surface area contributed by atoms with E-state index < -0.39 is 0 Å². The van der Waals surface area contributed by atoms with Crippen molar-refractivity contribution in [3.05, 3.63) is 46.2 Å². The molecule has 2 N–H and O–H groups in total. The Hall–Kier alpha value is -2.27. The summed E-state index contributed by atoms with van der Waals surface area (Å²) in [5.74, 6) is 0.353. The van der Waals surface area contributed by atoms with E-state index >= 15 is 0 Å². The summed E-state index contributed by atoms with van der Waals surface area (Å²) < 4.78 is 2.00. The Labute approximate surface area is 133 Å². The van der Waals surface area contributed by atoms with Gasteiger partial charge in [-0.05, 0) is 44.5 Å². The Kier molecular flexibility index (Phi) is 3.66. The summed E-state index contributed by atoms with van der Waals surface area (Å²) >= 11 is 6.08. The number of nitrogens with zero attached hydrogens (tertiary/aromatic N) is 2. The maximum Gasteiger partial charge on any atom is 0.273 e. The molecule has 1 aromatic carbocycles. The molecule has 0 aliphatic heterocycles. The molecule has 3 aromatic rings. The highest BCUT2D eigenvalue weighted by Crippen LogP contribution is 2.28. The number of benzene rings is 1. The van der Waals surface area contributed by atoms with Gasteiger partial charge in [-0.3, -0.25) is 9.89 Å². The van der Waals surface area contributed by atoms with Gasteiger partial charge in [0.05, 0.1) is 0 Å². The number of anilines is 1. The normalized spacial score (nSPS) is 11.1. The predicted molar refractivity (Wildman–Crippen MR) is 88.6 cm³/mol. The van der Waals surface area contributed by atoms with Crippen LogP contribution in [0.3, 0.4) is 0 Å². The minimum atomic E-state index is -0.168. The Balaban J connectivity index is 2.09. The number of halogens is 1. The number of carbonyl (C=O) groups is 1. The summed E-state index contributed by atoms with van der Waals surface area (Å²) in [7, 11) is 0. The molecule has 3 rings (SSSR count). The molecule has 0 spiro atoms. The number of rotatable bonds is 3. The molecule has 0 aliphatic rings. The lowest BCUT2D eigenvalue weighted by molar-refractivity contribution is 0.101. The topological polar surface area (TPSA) is 62.7 Å². The third-order valence-electron chi connectivity index (χ3n) is 3.76. The molecule has 0 atom stereocenters. The molecule has 114 valence electrons. The Morgan fingerprint density at radius 1 is 1.36 bits per heavy atom. The van der Waals surface area contributed by atoms with Gasteiger partial charge in [0, 0.05) is 34.2 Å². The Morgan fingerprint density at radius 3 is 2.77 bits per heavy atom. The number of aromatic nitrogens is 3. The summed E-state index contributed by atoms with van der Waals surface area (Å²) in [4.78, 5) is 12.7. The second kappa shape index (κ2) is 5.50. The van der Waals surface area contributed by atoms with Crippen LogP contribution >= 0.6 is 11.6 Å². The molecule has 0 saturated carbocycles. The molecule has 0 saturated heterocycles. The van der Waals surface area contributed by atoms with Crippen LogP contribution in [-0.2, 0) is 6.54 Å². The zero-order valence-electron chi connectivity index (χ0n) is 12.7. The average molecular weight is 317 g/mol. The molecule has 22 heavy (non-hydrogen) atoms. The molecule has 6 heteroatoms. The number of hydrogen-bond donors (Lipinski definition) is 2. The molecule has 2 aromatic heterocycles. The average Bonchev–Trinajstić information content (AvgIpc) is 3.00. The van der Waals surface area contributed by atoms with Crippen molar-refractivity contribution in [2.24, 2.45) is 0 Å². The fraction of sp³-hybridized carbons (Fsp3) is 0.250. The largest absolute Gasteiger partial charge is 0.337 e. The monoisotopic (exact) mass is 316 g/mol. The second-order valence-corrected chi connectivity index (χ2v) is 5.71. The van der Waals surface area contributed by atoms with E-state index in [1.165, 1.54) is 0 Å². The van der Waals surface area contributed by atoms with Crippen LogP contribution in [0, 0.1) is 13.8 Å². The number of aryl methyl sites for hydroxylation is 3. The molecule has 2 heterocycles. The first-order chi connectivity index (χ1) is 10.5.